The summed E-state index contributed by atoms with van der Waals surface area (Å²) in [5.74, 6) is 0.879. The van der Waals surface area contributed by atoms with Crippen LogP contribution in [0.3, 0.4) is 0 Å². The zero-order chi connectivity index (χ0) is 21.8. The Labute approximate surface area is 185 Å². The normalized spacial score (nSPS) is 14.2. The molecule has 160 valence electrons. The van der Waals surface area contributed by atoms with Gasteiger partial charge < -0.3 is 10.2 Å². The Morgan fingerprint density at radius 3 is 2.23 bits per heavy atom. The van der Waals surface area contributed by atoms with E-state index in [0.29, 0.717) is 5.56 Å². The van der Waals surface area contributed by atoms with E-state index in [1.54, 1.807) is 6.20 Å². The number of aryl methyl sites for hydroxylation is 3. The van der Waals surface area contributed by atoms with Gasteiger partial charge in [-0.25, -0.2) is 4.98 Å². The van der Waals surface area contributed by atoms with Crippen LogP contribution in [0, 0.1) is 20.8 Å². The first-order chi connectivity index (χ1) is 15.0. The Bertz CT molecular complexity index is 1040. The van der Waals surface area contributed by atoms with Crippen molar-refractivity contribution in [2.75, 3.05) is 23.3 Å². The maximum absolute atomic E-state index is 13.0. The van der Waals surface area contributed by atoms with Gasteiger partial charge in [0.05, 0.1) is 11.9 Å². The summed E-state index contributed by atoms with van der Waals surface area (Å²) in [6.45, 7) is 8.44. The highest BCUT2D eigenvalue weighted by atomic mass is 16.1. The van der Waals surface area contributed by atoms with Gasteiger partial charge in [-0.3, -0.25) is 4.79 Å². The first-order valence-electron chi connectivity index (χ1n) is 11.2. The van der Waals surface area contributed by atoms with Crippen molar-refractivity contribution in [1.82, 2.24) is 4.98 Å². The van der Waals surface area contributed by atoms with E-state index in [1.807, 2.05) is 30.3 Å². The van der Waals surface area contributed by atoms with Crippen LogP contribution in [0.5, 0.6) is 0 Å². The maximum Gasteiger partial charge on any atom is 0.255 e. The number of rotatable bonds is 4. The lowest BCUT2D eigenvalue weighted by atomic mass is 9.91. The van der Waals surface area contributed by atoms with Crippen LogP contribution in [0.1, 0.15) is 52.7 Å². The number of nitrogens with one attached hydrogen (secondary N) is 1. The van der Waals surface area contributed by atoms with Crippen molar-refractivity contribution in [3.63, 3.8) is 0 Å². The number of pyridine rings is 1. The molecule has 2 aromatic carbocycles. The van der Waals surface area contributed by atoms with Crippen LogP contribution < -0.4 is 10.2 Å². The number of benzene rings is 2. The molecule has 1 aromatic heterocycles. The minimum Gasteiger partial charge on any atom is -0.357 e. The van der Waals surface area contributed by atoms with Gasteiger partial charge >= 0.3 is 0 Å². The number of hydrogen-bond acceptors (Lipinski definition) is 3. The van der Waals surface area contributed by atoms with Gasteiger partial charge in [0.25, 0.3) is 5.91 Å². The van der Waals surface area contributed by atoms with Crippen LogP contribution in [-0.4, -0.2) is 24.0 Å². The summed E-state index contributed by atoms with van der Waals surface area (Å²) in [4.78, 5) is 19.9. The summed E-state index contributed by atoms with van der Waals surface area (Å²) in [6.07, 6.45) is 6.79. The Morgan fingerprint density at radius 1 is 0.871 bits per heavy atom. The van der Waals surface area contributed by atoms with E-state index in [1.165, 1.54) is 42.4 Å². The Kier molecular flexibility index (Phi) is 6.36. The number of carbonyl (C=O) groups excluding carboxylic acids is 1. The molecule has 4 rings (SSSR count). The second-order valence-corrected chi connectivity index (χ2v) is 8.56. The van der Waals surface area contributed by atoms with Crippen molar-refractivity contribution in [2.24, 2.45) is 0 Å². The van der Waals surface area contributed by atoms with Crippen molar-refractivity contribution in [2.45, 2.75) is 46.5 Å². The quantitative estimate of drug-likeness (QED) is 0.545. The summed E-state index contributed by atoms with van der Waals surface area (Å²) in [5, 5.41) is 3.01. The van der Waals surface area contributed by atoms with Gasteiger partial charge in [0.15, 0.2) is 0 Å². The van der Waals surface area contributed by atoms with Gasteiger partial charge in [-0.1, -0.05) is 37.1 Å². The lowest BCUT2D eigenvalue weighted by molar-refractivity contribution is 0.102. The molecular weight excluding hydrogens is 382 g/mol. The van der Waals surface area contributed by atoms with Crippen LogP contribution in [0.15, 0.2) is 54.7 Å². The summed E-state index contributed by atoms with van der Waals surface area (Å²) in [7, 11) is 0. The molecule has 1 aliphatic rings. The van der Waals surface area contributed by atoms with E-state index in [-0.39, 0.29) is 5.91 Å². The van der Waals surface area contributed by atoms with Crippen LogP contribution in [0.25, 0.3) is 11.1 Å². The van der Waals surface area contributed by atoms with Crippen molar-refractivity contribution >= 4 is 17.4 Å². The maximum atomic E-state index is 13.0. The third-order valence-corrected chi connectivity index (χ3v) is 6.19. The predicted octanol–water partition coefficient (Wildman–Crippen LogP) is 6.31. The zero-order valence-corrected chi connectivity index (χ0v) is 18.7. The first-order valence-corrected chi connectivity index (χ1v) is 11.2. The van der Waals surface area contributed by atoms with Crippen molar-refractivity contribution in [1.29, 1.82) is 0 Å². The van der Waals surface area contributed by atoms with Gasteiger partial charge in [-0.15, -0.1) is 0 Å². The molecule has 4 heteroatoms. The van der Waals surface area contributed by atoms with Crippen molar-refractivity contribution < 1.29 is 4.79 Å². The Hall–Kier alpha value is -3.14. The largest absolute Gasteiger partial charge is 0.357 e. The molecule has 31 heavy (non-hydrogen) atoms. The average Bonchev–Trinajstić information content (AvgIpc) is 3.05. The molecule has 1 amide bonds. The van der Waals surface area contributed by atoms with E-state index < -0.39 is 0 Å². The van der Waals surface area contributed by atoms with Crippen molar-refractivity contribution in [3.05, 3.63) is 77.0 Å². The monoisotopic (exact) mass is 413 g/mol. The summed E-state index contributed by atoms with van der Waals surface area (Å²) in [5.41, 5.74) is 7.29. The van der Waals surface area contributed by atoms with E-state index in [4.69, 9.17) is 0 Å². The molecule has 0 saturated carbocycles. The highest BCUT2D eigenvalue weighted by Crippen LogP contribution is 2.31. The average molecular weight is 414 g/mol. The van der Waals surface area contributed by atoms with E-state index in [0.717, 1.165) is 35.7 Å². The number of carbonyl (C=O) groups is 1. The molecule has 0 aliphatic carbocycles. The van der Waals surface area contributed by atoms with E-state index >= 15 is 0 Å². The molecule has 3 aromatic rings. The number of aromatic nitrogens is 1. The molecule has 4 nitrogen and oxygen atoms in total. The molecule has 0 spiro atoms. The lowest BCUT2D eigenvalue weighted by Crippen LogP contribution is -2.24. The Balaban J connectivity index is 1.52. The third kappa shape index (κ3) is 4.79. The smallest absolute Gasteiger partial charge is 0.255 e. The molecule has 1 fully saturated rings. The van der Waals surface area contributed by atoms with Crippen molar-refractivity contribution in [3.8, 4) is 11.1 Å². The van der Waals surface area contributed by atoms with Crippen LogP contribution in [-0.2, 0) is 0 Å². The lowest BCUT2D eigenvalue weighted by Gasteiger charge is -2.21. The van der Waals surface area contributed by atoms with E-state index in [2.05, 4.69) is 54.2 Å². The van der Waals surface area contributed by atoms with Gasteiger partial charge in [0.1, 0.15) is 5.82 Å². The molecule has 2 heterocycles. The number of nitrogens with zero attached hydrogens (tertiary/aromatic N) is 2. The molecule has 1 N–H and O–H groups in total. The highest BCUT2D eigenvalue weighted by molar-refractivity contribution is 6.05. The summed E-state index contributed by atoms with van der Waals surface area (Å²) >= 11 is 0. The third-order valence-electron chi connectivity index (χ3n) is 6.19. The fraction of sp³-hybridized carbons (Fsp3) is 0.333. The van der Waals surface area contributed by atoms with Crippen LogP contribution in [0.2, 0.25) is 0 Å². The zero-order valence-electron chi connectivity index (χ0n) is 18.7. The highest BCUT2D eigenvalue weighted by Gasteiger charge is 2.14. The van der Waals surface area contributed by atoms with Crippen LogP contribution in [0.4, 0.5) is 11.5 Å². The van der Waals surface area contributed by atoms with Gasteiger partial charge in [-0.2, -0.15) is 0 Å². The fourth-order valence-corrected chi connectivity index (χ4v) is 4.42. The standard InChI is InChI=1S/C27H31N3O/c1-19-11-12-22(17-24(19)26-20(2)9-8-10-21(26)3)27(31)29-23-13-14-25(28-18-23)30-15-6-4-5-7-16-30/h8-14,17-18H,4-7,15-16H2,1-3H3,(H,29,31). The molecule has 0 bridgehead atoms. The summed E-state index contributed by atoms with van der Waals surface area (Å²) in [6, 6.07) is 16.2. The predicted molar refractivity (Wildman–Crippen MR) is 129 cm³/mol. The number of hydrogen-bond donors (Lipinski definition) is 1. The minimum absolute atomic E-state index is 0.114. The molecule has 1 aliphatic heterocycles. The Morgan fingerprint density at radius 2 is 1.58 bits per heavy atom. The molecule has 0 atom stereocenters. The minimum atomic E-state index is -0.114. The number of anilines is 2. The topological polar surface area (TPSA) is 45.2 Å². The van der Waals surface area contributed by atoms with Crippen LogP contribution >= 0.6 is 0 Å². The molecule has 0 unspecified atom stereocenters. The first kappa shape index (κ1) is 21.1. The molecule has 1 saturated heterocycles. The number of amides is 1. The second-order valence-electron chi connectivity index (χ2n) is 8.56. The summed E-state index contributed by atoms with van der Waals surface area (Å²) < 4.78 is 0. The van der Waals surface area contributed by atoms with Gasteiger partial charge in [0.2, 0.25) is 0 Å². The van der Waals surface area contributed by atoms with Gasteiger partial charge in [0, 0.05) is 18.7 Å². The van der Waals surface area contributed by atoms with E-state index in [9.17, 15) is 4.79 Å². The molecular formula is C27H31N3O. The SMILES string of the molecule is Cc1ccc(C(=O)Nc2ccc(N3CCCCCC3)nc2)cc1-c1c(C)cccc1C. The second kappa shape index (κ2) is 9.34. The van der Waals surface area contributed by atoms with Gasteiger partial charge in [-0.05, 0) is 85.7 Å². The fourth-order valence-electron chi connectivity index (χ4n) is 4.42. The molecule has 0 radical (unpaired) electrons.